The van der Waals surface area contributed by atoms with E-state index in [-0.39, 0.29) is 11.9 Å². The van der Waals surface area contributed by atoms with E-state index in [0.717, 1.165) is 5.56 Å². The fraction of sp³-hybridized carbons (Fsp3) is 0. The molecule has 3 aromatic rings. The molecule has 0 spiro atoms. The Bertz CT molecular complexity index is 773. The van der Waals surface area contributed by atoms with Crippen molar-refractivity contribution in [2.75, 3.05) is 5.32 Å². The van der Waals surface area contributed by atoms with Gasteiger partial charge in [-0.05, 0) is 30.3 Å². The fourth-order valence-corrected chi connectivity index (χ4v) is 1.87. The molecule has 7 heteroatoms. The normalized spacial score (nSPS) is 10.3. The van der Waals surface area contributed by atoms with Gasteiger partial charge in [0, 0.05) is 28.5 Å². The van der Waals surface area contributed by atoms with Gasteiger partial charge >= 0.3 is 6.01 Å². The number of amides is 1. The number of anilines is 1. The van der Waals surface area contributed by atoms with Gasteiger partial charge in [0.05, 0.1) is 0 Å². The SMILES string of the molecule is O=C(Nc1nnc(-c2ccncc2)o1)c1cccc(Cl)c1. The molecule has 0 bridgehead atoms. The topological polar surface area (TPSA) is 80.9 Å². The van der Waals surface area contributed by atoms with Crippen LogP contribution < -0.4 is 5.32 Å². The molecule has 2 heterocycles. The Balaban J connectivity index is 1.77. The van der Waals surface area contributed by atoms with E-state index in [2.05, 4.69) is 20.5 Å². The van der Waals surface area contributed by atoms with Crippen LogP contribution in [0.15, 0.2) is 53.2 Å². The number of carbonyl (C=O) groups excluding carboxylic acids is 1. The lowest BCUT2D eigenvalue weighted by Gasteiger charge is -2.00. The van der Waals surface area contributed by atoms with Crippen molar-refractivity contribution in [1.29, 1.82) is 0 Å². The summed E-state index contributed by atoms with van der Waals surface area (Å²) < 4.78 is 5.38. The second-order valence-electron chi connectivity index (χ2n) is 4.11. The summed E-state index contributed by atoms with van der Waals surface area (Å²) in [4.78, 5) is 15.9. The lowest BCUT2D eigenvalue weighted by molar-refractivity contribution is 0.102. The lowest BCUT2D eigenvalue weighted by Crippen LogP contribution is -2.11. The highest BCUT2D eigenvalue weighted by molar-refractivity contribution is 6.31. The van der Waals surface area contributed by atoms with Crippen LogP contribution >= 0.6 is 11.6 Å². The largest absolute Gasteiger partial charge is 0.403 e. The van der Waals surface area contributed by atoms with E-state index in [1.165, 1.54) is 0 Å². The highest BCUT2D eigenvalue weighted by atomic mass is 35.5. The average Bonchev–Trinajstić information content (AvgIpc) is 2.97. The predicted octanol–water partition coefficient (Wildman–Crippen LogP) is 3.04. The minimum absolute atomic E-state index is 0.0202. The molecule has 0 radical (unpaired) electrons. The number of nitrogens with zero attached hydrogens (tertiary/aromatic N) is 3. The maximum absolute atomic E-state index is 12.0. The standard InChI is InChI=1S/C14H9ClN4O2/c15-11-3-1-2-10(8-11)12(20)17-14-19-18-13(21-14)9-4-6-16-7-5-9/h1-8H,(H,17,19,20). The van der Waals surface area contributed by atoms with Crippen molar-refractivity contribution < 1.29 is 9.21 Å². The number of nitrogens with one attached hydrogen (secondary N) is 1. The van der Waals surface area contributed by atoms with Crippen LogP contribution in [0, 0.1) is 0 Å². The summed E-state index contributed by atoms with van der Waals surface area (Å²) >= 11 is 5.84. The summed E-state index contributed by atoms with van der Waals surface area (Å²) in [5, 5.41) is 10.6. The zero-order valence-electron chi connectivity index (χ0n) is 10.7. The monoisotopic (exact) mass is 300 g/mol. The third kappa shape index (κ3) is 3.06. The first kappa shape index (κ1) is 13.3. The molecule has 2 aromatic heterocycles. The van der Waals surface area contributed by atoms with Crippen molar-refractivity contribution in [3.8, 4) is 11.5 Å². The van der Waals surface area contributed by atoms with Crippen molar-refractivity contribution in [3.63, 3.8) is 0 Å². The van der Waals surface area contributed by atoms with Gasteiger partial charge in [0.2, 0.25) is 5.89 Å². The van der Waals surface area contributed by atoms with Gasteiger partial charge in [-0.15, -0.1) is 5.10 Å². The van der Waals surface area contributed by atoms with E-state index in [1.54, 1.807) is 48.8 Å². The Morgan fingerprint density at radius 2 is 1.95 bits per heavy atom. The van der Waals surface area contributed by atoms with Crippen LogP contribution in [-0.2, 0) is 0 Å². The average molecular weight is 301 g/mol. The van der Waals surface area contributed by atoms with E-state index in [1.807, 2.05) is 0 Å². The summed E-state index contributed by atoms with van der Waals surface area (Å²) in [6.07, 6.45) is 3.23. The third-order valence-corrected chi connectivity index (χ3v) is 2.89. The molecule has 0 aliphatic carbocycles. The fourth-order valence-electron chi connectivity index (χ4n) is 1.68. The summed E-state index contributed by atoms with van der Waals surface area (Å²) in [7, 11) is 0. The summed E-state index contributed by atoms with van der Waals surface area (Å²) in [6, 6.07) is 10.1. The van der Waals surface area contributed by atoms with Crippen LogP contribution in [0.5, 0.6) is 0 Å². The molecule has 0 aliphatic rings. The maximum Gasteiger partial charge on any atom is 0.322 e. The Hall–Kier alpha value is -2.73. The number of aromatic nitrogens is 3. The van der Waals surface area contributed by atoms with Crippen LogP contribution in [0.3, 0.4) is 0 Å². The van der Waals surface area contributed by atoms with Crippen molar-refractivity contribution in [3.05, 3.63) is 59.4 Å². The molecule has 0 saturated heterocycles. The van der Waals surface area contributed by atoms with Crippen molar-refractivity contribution >= 4 is 23.5 Å². The van der Waals surface area contributed by atoms with Gasteiger partial charge in [-0.1, -0.05) is 22.8 Å². The number of halogens is 1. The molecule has 3 rings (SSSR count). The number of benzene rings is 1. The smallest absolute Gasteiger partial charge is 0.322 e. The Kier molecular flexibility index (Phi) is 3.61. The minimum atomic E-state index is -0.373. The zero-order valence-corrected chi connectivity index (χ0v) is 11.4. The first-order valence-electron chi connectivity index (χ1n) is 6.03. The van der Waals surface area contributed by atoms with Crippen molar-refractivity contribution in [2.45, 2.75) is 0 Å². The van der Waals surface area contributed by atoms with Gasteiger partial charge < -0.3 is 4.42 Å². The maximum atomic E-state index is 12.0. The van der Waals surface area contributed by atoms with Crippen molar-refractivity contribution in [2.24, 2.45) is 0 Å². The Morgan fingerprint density at radius 3 is 2.71 bits per heavy atom. The van der Waals surface area contributed by atoms with Crippen LogP contribution in [0.25, 0.3) is 11.5 Å². The minimum Gasteiger partial charge on any atom is -0.403 e. The first-order chi connectivity index (χ1) is 10.2. The first-order valence-corrected chi connectivity index (χ1v) is 6.41. The van der Waals surface area contributed by atoms with Crippen LogP contribution in [0.4, 0.5) is 6.01 Å². The van der Waals surface area contributed by atoms with Crippen molar-refractivity contribution in [1.82, 2.24) is 15.2 Å². The lowest BCUT2D eigenvalue weighted by atomic mass is 10.2. The van der Waals surface area contributed by atoms with Gasteiger partial charge in [0.15, 0.2) is 0 Å². The molecule has 6 nitrogen and oxygen atoms in total. The molecular formula is C14H9ClN4O2. The molecule has 0 fully saturated rings. The van der Waals surface area contributed by atoms with Gasteiger partial charge in [-0.3, -0.25) is 15.1 Å². The number of hydrogen-bond acceptors (Lipinski definition) is 5. The highest BCUT2D eigenvalue weighted by Crippen LogP contribution is 2.19. The van der Waals surface area contributed by atoms with Crippen LogP contribution in [0.1, 0.15) is 10.4 Å². The summed E-state index contributed by atoms with van der Waals surface area (Å²) in [6.45, 7) is 0. The molecule has 1 N–H and O–H groups in total. The zero-order chi connectivity index (χ0) is 14.7. The quantitative estimate of drug-likeness (QED) is 0.804. The van der Waals surface area contributed by atoms with Crippen LogP contribution in [-0.4, -0.2) is 21.1 Å². The summed E-state index contributed by atoms with van der Waals surface area (Å²) in [5.74, 6) is -0.0683. The predicted molar refractivity (Wildman–Crippen MR) is 76.9 cm³/mol. The number of carbonyl (C=O) groups is 1. The molecule has 0 saturated carbocycles. The van der Waals surface area contributed by atoms with E-state index >= 15 is 0 Å². The van der Waals surface area contributed by atoms with E-state index in [0.29, 0.717) is 16.5 Å². The van der Waals surface area contributed by atoms with Gasteiger partial charge in [-0.2, -0.15) is 0 Å². The molecule has 0 aliphatic heterocycles. The van der Waals surface area contributed by atoms with Gasteiger partial charge in [0.25, 0.3) is 5.91 Å². The highest BCUT2D eigenvalue weighted by Gasteiger charge is 2.12. The molecule has 104 valence electrons. The van der Waals surface area contributed by atoms with E-state index in [4.69, 9.17) is 16.0 Å². The second-order valence-corrected chi connectivity index (χ2v) is 4.55. The molecule has 1 amide bonds. The molecule has 0 atom stereocenters. The van der Waals surface area contributed by atoms with Crippen LogP contribution in [0.2, 0.25) is 5.02 Å². The Morgan fingerprint density at radius 1 is 1.14 bits per heavy atom. The molecule has 1 aromatic carbocycles. The molecular weight excluding hydrogens is 292 g/mol. The number of pyridine rings is 1. The number of hydrogen-bond donors (Lipinski definition) is 1. The van der Waals surface area contributed by atoms with E-state index in [9.17, 15) is 4.79 Å². The van der Waals surface area contributed by atoms with Gasteiger partial charge in [0.1, 0.15) is 0 Å². The molecule has 0 unspecified atom stereocenters. The van der Waals surface area contributed by atoms with E-state index < -0.39 is 0 Å². The number of rotatable bonds is 3. The van der Waals surface area contributed by atoms with Gasteiger partial charge in [-0.25, -0.2) is 0 Å². The second kappa shape index (κ2) is 5.72. The summed E-state index contributed by atoms with van der Waals surface area (Å²) in [5.41, 5.74) is 1.13. The molecule has 21 heavy (non-hydrogen) atoms. The Labute approximate surface area is 124 Å². The third-order valence-electron chi connectivity index (χ3n) is 2.66.